The molecule has 0 aliphatic carbocycles. The SMILES string of the molecule is OC(CC1CCCCO1)c1cccnc1. The lowest BCUT2D eigenvalue weighted by Gasteiger charge is -2.24. The Balaban J connectivity index is 1.88. The largest absolute Gasteiger partial charge is 0.388 e. The molecule has 0 aromatic carbocycles. The molecule has 1 aromatic rings. The van der Waals surface area contributed by atoms with E-state index in [9.17, 15) is 5.11 Å². The van der Waals surface area contributed by atoms with Gasteiger partial charge in [0.15, 0.2) is 0 Å². The lowest BCUT2D eigenvalue weighted by Crippen LogP contribution is -2.21. The number of aliphatic hydroxyl groups is 1. The summed E-state index contributed by atoms with van der Waals surface area (Å²) in [5.74, 6) is 0. The smallest absolute Gasteiger partial charge is 0.0829 e. The van der Waals surface area contributed by atoms with Gasteiger partial charge in [-0.3, -0.25) is 4.98 Å². The van der Waals surface area contributed by atoms with E-state index < -0.39 is 6.10 Å². The highest BCUT2D eigenvalue weighted by atomic mass is 16.5. The van der Waals surface area contributed by atoms with Gasteiger partial charge in [-0.25, -0.2) is 0 Å². The van der Waals surface area contributed by atoms with Crippen LogP contribution in [0.5, 0.6) is 0 Å². The van der Waals surface area contributed by atoms with Gasteiger partial charge < -0.3 is 9.84 Å². The van der Waals surface area contributed by atoms with Crippen molar-refractivity contribution in [2.24, 2.45) is 0 Å². The van der Waals surface area contributed by atoms with E-state index in [1.54, 1.807) is 12.4 Å². The van der Waals surface area contributed by atoms with Gasteiger partial charge in [0, 0.05) is 25.4 Å². The predicted octanol–water partition coefficient (Wildman–Crippen LogP) is 2.07. The fourth-order valence-electron chi connectivity index (χ4n) is 1.95. The van der Waals surface area contributed by atoms with E-state index in [2.05, 4.69) is 4.98 Å². The van der Waals surface area contributed by atoms with Crippen LogP contribution in [0, 0.1) is 0 Å². The third-order valence-electron chi connectivity index (χ3n) is 2.83. The predicted molar refractivity (Wildman–Crippen MR) is 57.4 cm³/mol. The second-order valence-electron chi connectivity index (χ2n) is 4.03. The van der Waals surface area contributed by atoms with Crippen molar-refractivity contribution in [3.05, 3.63) is 30.1 Å². The lowest BCUT2D eigenvalue weighted by molar-refractivity contribution is -0.0156. The molecular weight excluding hydrogens is 190 g/mol. The summed E-state index contributed by atoms with van der Waals surface area (Å²) in [6.45, 7) is 0.838. The minimum atomic E-state index is -0.443. The van der Waals surface area contributed by atoms with Crippen LogP contribution in [0.15, 0.2) is 24.5 Å². The molecule has 2 heterocycles. The highest BCUT2D eigenvalue weighted by molar-refractivity contribution is 5.11. The molecule has 82 valence electrons. The number of hydrogen-bond acceptors (Lipinski definition) is 3. The fourth-order valence-corrected chi connectivity index (χ4v) is 1.95. The average molecular weight is 207 g/mol. The molecule has 0 spiro atoms. The summed E-state index contributed by atoms with van der Waals surface area (Å²) < 4.78 is 5.59. The van der Waals surface area contributed by atoms with Crippen LogP contribution >= 0.6 is 0 Å². The molecule has 1 N–H and O–H groups in total. The molecule has 1 aromatic heterocycles. The number of aromatic nitrogens is 1. The van der Waals surface area contributed by atoms with Crippen molar-refractivity contribution in [3.63, 3.8) is 0 Å². The Hall–Kier alpha value is -0.930. The summed E-state index contributed by atoms with van der Waals surface area (Å²) in [5.41, 5.74) is 0.881. The van der Waals surface area contributed by atoms with Gasteiger partial charge in [-0.2, -0.15) is 0 Å². The van der Waals surface area contributed by atoms with Crippen LogP contribution in [0.3, 0.4) is 0 Å². The van der Waals surface area contributed by atoms with Gasteiger partial charge in [-0.1, -0.05) is 6.07 Å². The summed E-state index contributed by atoms with van der Waals surface area (Å²) in [4.78, 5) is 4.00. The molecule has 0 radical (unpaired) electrons. The van der Waals surface area contributed by atoms with Crippen LogP contribution < -0.4 is 0 Å². The van der Waals surface area contributed by atoms with Gasteiger partial charge in [0.2, 0.25) is 0 Å². The maximum absolute atomic E-state index is 9.95. The van der Waals surface area contributed by atoms with Crippen molar-refractivity contribution in [2.75, 3.05) is 6.61 Å². The highest BCUT2D eigenvalue weighted by Gasteiger charge is 2.18. The van der Waals surface area contributed by atoms with E-state index in [1.807, 2.05) is 12.1 Å². The van der Waals surface area contributed by atoms with Crippen LogP contribution in [0.4, 0.5) is 0 Å². The monoisotopic (exact) mass is 207 g/mol. The summed E-state index contributed by atoms with van der Waals surface area (Å²) in [6, 6.07) is 3.75. The van der Waals surface area contributed by atoms with E-state index >= 15 is 0 Å². The van der Waals surface area contributed by atoms with Crippen molar-refractivity contribution in [2.45, 2.75) is 37.9 Å². The third kappa shape index (κ3) is 3.01. The van der Waals surface area contributed by atoms with Gasteiger partial charge in [-0.15, -0.1) is 0 Å². The average Bonchev–Trinajstić information content (AvgIpc) is 2.31. The first-order valence-corrected chi connectivity index (χ1v) is 5.56. The van der Waals surface area contributed by atoms with Gasteiger partial charge in [0.25, 0.3) is 0 Å². The van der Waals surface area contributed by atoms with Gasteiger partial charge >= 0.3 is 0 Å². The van der Waals surface area contributed by atoms with Crippen molar-refractivity contribution in [3.8, 4) is 0 Å². The topological polar surface area (TPSA) is 42.4 Å². The fraction of sp³-hybridized carbons (Fsp3) is 0.583. The number of nitrogens with zero attached hydrogens (tertiary/aromatic N) is 1. The Labute approximate surface area is 90.1 Å². The molecule has 3 nitrogen and oxygen atoms in total. The van der Waals surface area contributed by atoms with Crippen LogP contribution in [0.1, 0.15) is 37.4 Å². The molecule has 0 amide bonds. The summed E-state index contributed by atoms with van der Waals surface area (Å²) in [5, 5.41) is 9.95. The van der Waals surface area contributed by atoms with E-state index in [0.717, 1.165) is 25.0 Å². The Bertz CT molecular complexity index is 283. The second-order valence-corrected chi connectivity index (χ2v) is 4.03. The van der Waals surface area contributed by atoms with E-state index in [-0.39, 0.29) is 6.10 Å². The van der Waals surface area contributed by atoms with E-state index in [0.29, 0.717) is 6.42 Å². The van der Waals surface area contributed by atoms with Gasteiger partial charge in [0.05, 0.1) is 12.2 Å². The molecule has 1 aliphatic heterocycles. The van der Waals surface area contributed by atoms with Crippen LogP contribution in [0.2, 0.25) is 0 Å². The maximum Gasteiger partial charge on any atom is 0.0829 e. The Morgan fingerprint density at radius 1 is 1.53 bits per heavy atom. The molecule has 3 heteroatoms. The van der Waals surface area contributed by atoms with Crippen LogP contribution in [-0.4, -0.2) is 22.8 Å². The van der Waals surface area contributed by atoms with Crippen LogP contribution in [0.25, 0.3) is 0 Å². The van der Waals surface area contributed by atoms with Gasteiger partial charge in [0.1, 0.15) is 0 Å². The quantitative estimate of drug-likeness (QED) is 0.825. The second kappa shape index (κ2) is 5.24. The number of hydrogen-bond donors (Lipinski definition) is 1. The molecule has 2 unspecified atom stereocenters. The number of rotatable bonds is 3. The zero-order chi connectivity index (χ0) is 10.5. The van der Waals surface area contributed by atoms with Crippen LogP contribution in [-0.2, 0) is 4.74 Å². The Morgan fingerprint density at radius 3 is 3.13 bits per heavy atom. The maximum atomic E-state index is 9.95. The first-order chi connectivity index (χ1) is 7.36. The highest BCUT2D eigenvalue weighted by Crippen LogP contribution is 2.23. The zero-order valence-electron chi connectivity index (χ0n) is 8.80. The molecule has 0 saturated carbocycles. The molecule has 1 saturated heterocycles. The molecule has 2 rings (SSSR count). The molecular formula is C12H17NO2. The summed E-state index contributed by atoms with van der Waals surface area (Å²) in [6.07, 6.45) is 7.32. The zero-order valence-corrected chi connectivity index (χ0v) is 8.80. The molecule has 15 heavy (non-hydrogen) atoms. The molecule has 1 fully saturated rings. The Morgan fingerprint density at radius 2 is 2.47 bits per heavy atom. The van der Waals surface area contributed by atoms with Crippen molar-refractivity contribution in [1.82, 2.24) is 4.98 Å². The number of ether oxygens (including phenoxy) is 1. The normalized spacial score (nSPS) is 23.7. The standard InChI is InChI=1S/C12H17NO2/c14-12(10-4-3-6-13-9-10)8-11-5-1-2-7-15-11/h3-4,6,9,11-12,14H,1-2,5,7-8H2. The minimum absolute atomic E-state index is 0.217. The lowest BCUT2D eigenvalue weighted by atomic mass is 10.00. The number of pyridine rings is 1. The summed E-state index contributed by atoms with van der Waals surface area (Å²) >= 11 is 0. The number of aliphatic hydroxyl groups excluding tert-OH is 1. The first kappa shape index (κ1) is 10.6. The minimum Gasteiger partial charge on any atom is -0.388 e. The van der Waals surface area contributed by atoms with Crippen molar-refractivity contribution < 1.29 is 9.84 Å². The van der Waals surface area contributed by atoms with E-state index in [4.69, 9.17) is 4.74 Å². The molecule has 2 atom stereocenters. The summed E-state index contributed by atoms with van der Waals surface area (Å²) in [7, 11) is 0. The van der Waals surface area contributed by atoms with Gasteiger partial charge in [-0.05, 0) is 30.9 Å². The first-order valence-electron chi connectivity index (χ1n) is 5.56. The molecule has 1 aliphatic rings. The van der Waals surface area contributed by atoms with Crippen molar-refractivity contribution in [1.29, 1.82) is 0 Å². The van der Waals surface area contributed by atoms with Crippen molar-refractivity contribution >= 4 is 0 Å². The third-order valence-corrected chi connectivity index (χ3v) is 2.83. The Kier molecular flexibility index (Phi) is 3.69. The molecule has 0 bridgehead atoms. The van der Waals surface area contributed by atoms with E-state index in [1.165, 1.54) is 6.42 Å².